The Kier molecular flexibility index (Phi) is 7.31. The SMILES string of the molecule is CCNCC(CCSC(F)(F)F)Cc1ccccc1. The Labute approximate surface area is 117 Å². The number of rotatable bonds is 8. The van der Waals surface area contributed by atoms with E-state index >= 15 is 0 Å². The lowest BCUT2D eigenvalue weighted by Gasteiger charge is -2.17. The smallest absolute Gasteiger partial charge is 0.317 e. The molecule has 0 saturated carbocycles. The molecule has 1 aromatic carbocycles. The van der Waals surface area contributed by atoms with Crippen molar-refractivity contribution < 1.29 is 13.2 Å². The maximum Gasteiger partial charge on any atom is 0.441 e. The Hall–Kier alpha value is -0.680. The second-order valence-electron chi connectivity index (χ2n) is 4.45. The lowest BCUT2D eigenvalue weighted by Crippen LogP contribution is -2.25. The van der Waals surface area contributed by atoms with E-state index in [1.165, 1.54) is 5.56 Å². The standard InChI is InChI=1S/C14H20F3NS/c1-2-18-11-13(8-9-19-14(15,16)17)10-12-6-4-3-5-7-12/h3-7,13,18H,2,8-11H2,1H3. The molecule has 1 aromatic rings. The summed E-state index contributed by atoms with van der Waals surface area (Å²) in [6, 6.07) is 9.92. The van der Waals surface area contributed by atoms with Crippen LogP contribution in [0.25, 0.3) is 0 Å². The van der Waals surface area contributed by atoms with Gasteiger partial charge in [0.1, 0.15) is 0 Å². The summed E-state index contributed by atoms with van der Waals surface area (Å²) in [6.07, 6.45) is 1.40. The Balaban J connectivity index is 2.42. The quantitative estimate of drug-likeness (QED) is 0.774. The summed E-state index contributed by atoms with van der Waals surface area (Å²) in [4.78, 5) is 0. The van der Waals surface area contributed by atoms with Crippen molar-refractivity contribution in [3.63, 3.8) is 0 Å². The Morgan fingerprint density at radius 1 is 1.21 bits per heavy atom. The summed E-state index contributed by atoms with van der Waals surface area (Å²) in [5.41, 5.74) is -2.93. The van der Waals surface area contributed by atoms with E-state index in [0.29, 0.717) is 6.42 Å². The third kappa shape index (κ3) is 8.16. The fourth-order valence-electron chi connectivity index (χ4n) is 1.91. The summed E-state index contributed by atoms with van der Waals surface area (Å²) in [5, 5.41) is 3.23. The molecule has 0 amide bonds. The summed E-state index contributed by atoms with van der Waals surface area (Å²) in [7, 11) is 0. The van der Waals surface area contributed by atoms with Crippen LogP contribution in [0.1, 0.15) is 18.9 Å². The topological polar surface area (TPSA) is 12.0 Å². The van der Waals surface area contributed by atoms with E-state index in [9.17, 15) is 13.2 Å². The fourth-order valence-corrected chi connectivity index (χ4v) is 2.60. The minimum absolute atomic E-state index is 0.0781. The van der Waals surface area contributed by atoms with Crippen LogP contribution in [0, 0.1) is 5.92 Å². The van der Waals surface area contributed by atoms with Crippen LogP contribution < -0.4 is 5.32 Å². The van der Waals surface area contributed by atoms with Crippen molar-refractivity contribution in [2.75, 3.05) is 18.8 Å². The first-order valence-electron chi connectivity index (χ1n) is 6.46. The number of hydrogen-bond acceptors (Lipinski definition) is 2. The molecule has 1 unspecified atom stereocenters. The predicted octanol–water partition coefficient (Wildman–Crippen LogP) is 4.10. The van der Waals surface area contributed by atoms with Crippen molar-refractivity contribution in [2.24, 2.45) is 5.92 Å². The molecule has 0 saturated heterocycles. The maximum atomic E-state index is 12.1. The average molecular weight is 291 g/mol. The van der Waals surface area contributed by atoms with Gasteiger partial charge in [-0.3, -0.25) is 0 Å². The zero-order chi connectivity index (χ0) is 14.1. The maximum absolute atomic E-state index is 12.1. The molecule has 0 radical (unpaired) electrons. The molecule has 0 spiro atoms. The molecule has 1 rings (SSSR count). The van der Waals surface area contributed by atoms with Crippen LogP contribution in [0.3, 0.4) is 0 Å². The molecule has 0 heterocycles. The first-order valence-corrected chi connectivity index (χ1v) is 7.45. The van der Waals surface area contributed by atoms with E-state index in [-0.39, 0.29) is 23.4 Å². The normalized spacial score (nSPS) is 13.5. The fraction of sp³-hybridized carbons (Fsp3) is 0.571. The molecule has 0 bridgehead atoms. The van der Waals surface area contributed by atoms with Crippen LogP contribution in [0.15, 0.2) is 30.3 Å². The number of nitrogens with one attached hydrogen (secondary N) is 1. The number of hydrogen-bond donors (Lipinski definition) is 1. The summed E-state index contributed by atoms with van der Waals surface area (Å²) in [5.74, 6) is 0.379. The number of thioether (sulfide) groups is 1. The molecule has 0 fully saturated rings. The highest BCUT2D eigenvalue weighted by Gasteiger charge is 2.28. The van der Waals surface area contributed by atoms with E-state index < -0.39 is 5.51 Å². The van der Waals surface area contributed by atoms with Gasteiger partial charge in [0.05, 0.1) is 0 Å². The second-order valence-corrected chi connectivity index (χ2v) is 5.61. The van der Waals surface area contributed by atoms with E-state index in [4.69, 9.17) is 0 Å². The van der Waals surface area contributed by atoms with Gasteiger partial charge in [-0.1, -0.05) is 49.0 Å². The van der Waals surface area contributed by atoms with Gasteiger partial charge in [0, 0.05) is 5.75 Å². The highest BCUT2D eigenvalue weighted by Crippen LogP contribution is 2.31. The Morgan fingerprint density at radius 3 is 2.47 bits per heavy atom. The van der Waals surface area contributed by atoms with Gasteiger partial charge in [0.2, 0.25) is 0 Å². The van der Waals surface area contributed by atoms with Crippen LogP contribution in [0.5, 0.6) is 0 Å². The molecular weight excluding hydrogens is 271 g/mol. The van der Waals surface area contributed by atoms with Gasteiger partial charge in [-0.25, -0.2) is 0 Å². The number of halogens is 3. The lowest BCUT2D eigenvalue weighted by atomic mass is 9.97. The molecule has 0 aliphatic heterocycles. The van der Waals surface area contributed by atoms with Gasteiger partial charge in [0.15, 0.2) is 0 Å². The number of benzene rings is 1. The molecule has 0 aromatic heterocycles. The van der Waals surface area contributed by atoms with Gasteiger partial charge in [-0.05, 0) is 37.4 Å². The zero-order valence-corrected chi connectivity index (χ0v) is 11.9. The van der Waals surface area contributed by atoms with Crippen LogP contribution in [0.2, 0.25) is 0 Å². The van der Waals surface area contributed by atoms with Crippen LogP contribution in [-0.2, 0) is 6.42 Å². The summed E-state index contributed by atoms with van der Waals surface area (Å²) in [6.45, 7) is 3.62. The van der Waals surface area contributed by atoms with Gasteiger partial charge >= 0.3 is 5.51 Å². The van der Waals surface area contributed by atoms with Gasteiger partial charge in [-0.2, -0.15) is 13.2 Å². The van der Waals surface area contributed by atoms with E-state index in [2.05, 4.69) is 5.32 Å². The van der Waals surface area contributed by atoms with Crippen LogP contribution in [-0.4, -0.2) is 24.4 Å². The van der Waals surface area contributed by atoms with E-state index in [1.54, 1.807) is 0 Å². The van der Waals surface area contributed by atoms with E-state index in [1.807, 2.05) is 37.3 Å². The largest absolute Gasteiger partial charge is 0.441 e. The Bertz CT molecular complexity index is 340. The third-order valence-electron chi connectivity index (χ3n) is 2.84. The molecule has 0 aliphatic carbocycles. The molecule has 1 nitrogen and oxygen atoms in total. The monoisotopic (exact) mass is 291 g/mol. The molecule has 108 valence electrons. The predicted molar refractivity (Wildman–Crippen MR) is 75.3 cm³/mol. The van der Waals surface area contributed by atoms with Crippen molar-refractivity contribution in [3.8, 4) is 0 Å². The second kappa shape index (κ2) is 8.48. The minimum atomic E-state index is -4.12. The van der Waals surface area contributed by atoms with Gasteiger partial charge in [0.25, 0.3) is 0 Å². The van der Waals surface area contributed by atoms with Crippen molar-refractivity contribution in [2.45, 2.75) is 25.3 Å². The van der Waals surface area contributed by atoms with Crippen molar-refractivity contribution >= 4 is 11.8 Å². The first-order chi connectivity index (χ1) is 9.01. The van der Waals surface area contributed by atoms with E-state index in [0.717, 1.165) is 19.5 Å². The Morgan fingerprint density at radius 2 is 1.89 bits per heavy atom. The lowest BCUT2D eigenvalue weighted by molar-refractivity contribution is -0.0328. The molecule has 19 heavy (non-hydrogen) atoms. The molecular formula is C14H20F3NS. The van der Waals surface area contributed by atoms with Crippen molar-refractivity contribution in [3.05, 3.63) is 35.9 Å². The highest BCUT2D eigenvalue weighted by molar-refractivity contribution is 8.00. The summed E-state index contributed by atoms with van der Waals surface area (Å²) >= 11 is 0.0781. The molecule has 1 atom stereocenters. The minimum Gasteiger partial charge on any atom is -0.317 e. The molecule has 5 heteroatoms. The van der Waals surface area contributed by atoms with Crippen LogP contribution >= 0.6 is 11.8 Å². The van der Waals surface area contributed by atoms with Gasteiger partial charge < -0.3 is 5.32 Å². The summed E-state index contributed by atoms with van der Waals surface area (Å²) < 4.78 is 36.4. The van der Waals surface area contributed by atoms with Crippen molar-refractivity contribution in [1.82, 2.24) is 5.32 Å². The third-order valence-corrected chi connectivity index (χ3v) is 3.61. The van der Waals surface area contributed by atoms with Gasteiger partial charge in [-0.15, -0.1) is 0 Å². The zero-order valence-electron chi connectivity index (χ0n) is 11.0. The first kappa shape index (κ1) is 16.4. The average Bonchev–Trinajstić information content (AvgIpc) is 2.35. The molecule has 1 N–H and O–H groups in total. The molecule has 0 aliphatic rings. The van der Waals surface area contributed by atoms with Crippen molar-refractivity contribution in [1.29, 1.82) is 0 Å². The van der Waals surface area contributed by atoms with Crippen LogP contribution in [0.4, 0.5) is 13.2 Å². The highest BCUT2D eigenvalue weighted by atomic mass is 32.2. The number of alkyl halides is 3.